The molecule has 1 amide bonds. The fraction of sp³-hybridized carbons (Fsp3) is 0.533. The molecular weight excluding hydrogens is 238 g/mol. The zero-order valence-corrected chi connectivity index (χ0v) is 11.6. The lowest BCUT2D eigenvalue weighted by molar-refractivity contribution is -0.117. The maximum atomic E-state index is 11.8. The maximum absolute atomic E-state index is 11.8. The zero-order valence-electron chi connectivity index (χ0n) is 11.6. The quantitative estimate of drug-likeness (QED) is 0.852. The first-order valence-electron chi connectivity index (χ1n) is 7.07. The van der Waals surface area contributed by atoms with Gasteiger partial charge < -0.3 is 11.1 Å². The lowest BCUT2D eigenvalue weighted by atomic mass is 10.1. The molecule has 1 aromatic carbocycles. The monoisotopic (exact) mass is 261 g/mol. The summed E-state index contributed by atoms with van der Waals surface area (Å²) in [6.07, 6.45) is 3.24. The Morgan fingerprint density at radius 1 is 1.42 bits per heavy atom. The molecule has 1 aromatic rings. The number of carbonyl (C=O) groups excluding carboxylic acids is 1. The first-order valence-corrected chi connectivity index (χ1v) is 7.07. The summed E-state index contributed by atoms with van der Waals surface area (Å²) in [6.45, 7) is 5.23. The van der Waals surface area contributed by atoms with Crippen LogP contribution in [0.15, 0.2) is 24.3 Å². The molecule has 104 valence electrons. The van der Waals surface area contributed by atoms with E-state index in [4.69, 9.17) is 5.73 Å². The first kappa shape index (κ1) is 14.0. The molecule has 1 fully saturated rings. The number of amides is 1. The Balaban J connectivity index is 1.96. The van der Waals surface area contributed by atoms with Crippen LogP contribution in [0.1, 0.15) is 31.7 Å². The van der Waals surface area contributed by atoms with Crippen LogP contribution in [-0.2, 0) is 11.3 Å². The summed E-state index contributed by atoms with van der Waals surface area (Å²) in [4.78, 5) is 14.2. The minimum Gasteiger partial charge on any atom is -0.325 e. The first-order chi connectivity index (χ1) is 9.19. The van der Waals surface area contributed by atoms with Crippen molar-refractivity contribution >= 4 is 11.6 Å². The molecule has 2 rings (SSSR count). The van der Waals surface area contributed by atoms with Crippen LogP contribution in [0.4, 0.5) is 5.69 Å². The Morgan fingerprint density at radius 3 is 2.84 bits per heavy atom. The molecule has 1 saturated heterocycles. The van der Waals surface area contributed by atoms with Gasteiger partial charge in [-0.1, -0.05) is 19.1 Å². The number of benzene rings is 1. The molecule has 19 heavy (non-hydrogen) atoms. The highest BCUT2D eigenvalue weighted by Gasteiger charge is 2.13. The smallest absolute Gasteiger partial charge is 0.241 e. The molecule has 0 unspecified atom stereocenters. The Labute approximate surface area is 115 Å². The Hall–Kier alpha value is -1.39. The van der Waals surface area contributed by atoms with Crippen LogP contribution in [0.2, 0.25) is 0 Å². The molecule has 0 radical (unpaired) electrons. The predicted molar refractivity (Wildman–Crippen MR) is 77.8 cm³/mol. The van der Waals surface area contributed by atoms with Gasteiger partial charge in [0.05, 0.1) is 6.04 Å². The summed E-state index contributed by atoms with van der Waals surface area (Å²) in [7, 11) is 0. The van der Waals surface area contributed by atoms with Gasteiger partial charge in [-0.05, 0) is 50.0 Å². The summed E-state index contributed by atoms with van der Waals surface area (Å²) >= 11 is 0. The highest BCUT2D eigenvalue weighted by atomic mass is 16.2. The third-order valence-electron chi connectivity index (χ3n) is 3.58. The van der Waals surface area contributed by atoms with Gasteiger partial charge in [0.2, 0.25) is 5.91 Å². The van der Waals surface area contributed by atoms with E-state index in [1.807, 2.05) is 25.1 Å². The summed E-state index contributed by atoms with van der Waals surface area (Å²) in [5.41, 5.74) is 7.79. The van der Waals surface area contributed by atoms with E-state index in [1.165, 1.54) is 31.5 Å². The Bertz CT molecular complexity index is 427. The summed E-state index contributed by atoms with van der Waals surface area (Å²) in [6, 6.07) is 7.61. The van der Waals surface area contributed by atoms with Crippen LogP contribution < -0.4 is 11.1 Å². The third kappa shape index (κ3) is 4.04. The van der Waals surface area contributed by atoms with E-state index in [1.54, 1.807) is 0 Å². The van der Waals surface area contributed by atoms with Crippen LogP contribution in [0.3, 0.4) is 0 Å². The average molecular weight is 261 g/mol. The topological polar surface area (TPSA) is 58.4 Å². The van der Waals surface area contributed by atoms with Crippen molar-refractivity contribution in [3.8, 4) is 0 Å². The van der Waals surface area contributed by atoms with Crippen molar-refractivity contribution < 1.29 is 4.79 Å². The van der Waals surface area contributed by atoms with E-state index in [2.05, 4.69) is 16.3 Å². The number of hydrogen-bond acceptors (Lipinski definition) is 3. The van der Waals surface area contributed by atoms with Gasteiger partial charge >= 0.3 is 0 Å². The van der Waals surface area contributed by atoms with Gasteiger partial charge in [-0.25, -0.2) is 0 Å². The number of carbonyl (C=O) groups is 1. The molecule has 0 spiro atoms. The number of nitrogens with zero attached hydrogens (tertiary/aromatic N) is 1. The molecule has 3 N–H and O–H groups in total. The van der Waals surface area contributed by atoms with Crippen molar-refractivity contribution in [1.29, 1.82) is 0 Å². The maximum Gasteiger partial charge on any atom is 0.241 e. The largest absolute Gasteiger partial charge is 0.325 e. The second-order valence-corrected chi connectivity index (χ2v) is 5.19. The Kier molecular flexibility index (Phi) is 4.93. The Morgan fingerprint density at radius 2 is 2.16 bits per heavy atom. The van der Waals surface area contributed by atoms with Crippen LogP contribution in [-0.4, -0.2) is 29.9 Å². The molecule has 4 heteroatoms. The highest BCUT2D eigenvalue weighted by molar-refractivity contribution is 5.94. The highest BCUT2D eigenvalue weighted by Crippen LogP contribution is 2.16. The van der Waals surface area contributed by atoms with Gasteiger partial charge in [-0.3, -0.25) is 9.69 Å². The van der Waals surface area contributed by atoms with E-state index in [0.717, 1.165) is 12.2 Å². The summed E-state index contributed by atoms with van der Waals surface area (Å²) in [5, 5.41) is 2.88. The molecule has 0 aromatic heterocycles. The van der Waals surface area contributed by atoms with Gasteiger partial charge in [0.25, 0.3) is 0 Å². The van der Waals surface area contributed by atoms with Crippen LogP contribution in [0.25, 0.3) is 0 Å². The van der Waals surface area contributed by atoms with Crippen molar-refractivity contribution in [3.63, 3.8) is 0 Å². The average Bonchev–Trinajstić information content (AvgIpc) is 2.91. The van der Waals surface area contributed by atoms with Gasteiger partial charge in [0, 0.05) is 12.2 Å². The zero-order chi connectivity index (χ0) is 13.7. The van der Waals surface area contributed by atoms with Crippen LogP contribution in [0.5, 0.6) is 0 Å². The lowest BCUT2D eigenvalue weighted by Crippen LogP contribution is -2.34. The number of likely N-dealkylation sites (tertiary alicyclic amines) is 1. The van der Waals surface area contributed by atoms with Crippen LogP contribution in [0, 0.1) is 0 Å². The number of hydrogen-bond donors (Lipinski definition) is 2. The summed E-state index contributed by atoms with van der Waals surface area (Å²) in [5.74, 6) is -0.110. The molecule has 1 heterocycles. The van der Waals surface area contributed by atoms with Gasteiger partial charge in [0.1, 0.15) is 0 Å². The lowest BCUT2D eigenvalue weighted by Gasteiger charge is -2.16. The number of rotatable bonds is 5. The van der Waals surface area contributed by atoms with Crippen molar-refractivity contribution in [1.82, 2.24) is 4.90 Å². The molecule has 1 aliphatic heterocycles. The van der Waals surface area contributed by atoms with E-state index in [9.17, 15) is 4.79 Å². The van der Waals surface area contributed by atoms with Crippen molar-refractivity contribution in [2.45, 2.75) is 38.8 Å². The van der Waals surface area contributed by atoms with E-state index >= 15 is 0 Å². The number of nitrogens with two attached hydrogens (primary N) is 1. The minimum atomic E-state index is -0.428. The second-order valence-electron chi connectivity index (χ2n) is 5.19. The molecule has 0 aliphatic carbocycles. The third-order valence-corrected chi connectivity index (χ3v) is 3.58. The van der Waals surface area contributed by atoms with Crippen molar-refractivity contribution in [2.75, 3.05) is 18.4 Å². The molecule has 4 nitrogen and oxygen atoms in total. The minimum absolute atomic E-state index is 0.110. The van der Waals surface area contributed by atoms with Gasteiger partial charge in [0.15, 0.2) is 0 Å². The molecular formula is C15H23N3O. The fourth-order valence-electron chi connectivity index (χ4n) is 2.37. The normalized spacial score (nSPS) is 17.4. The van der Waals surface area contributed by atoms with E-state index < -0.39 is 6.04 Å². The molecule has 0 bridgehead atoms. The van der Waals surface area contributed by atoms with Crippen LogP contribution >= 0.6 is 0 Å². The van der Waals surface area contributed by atoms with E-state index in [-0.39, 0.29) is 5.91 Å². The number of nitrogens with one attached hydrogen (secondary N) is 1. The van der Waals surface area contributed by atoms with Crippen molar-refractivity contribution in [2.24, 2.45) is 5.73 Å². The second kappa shape index (κ2) is 6.68. The molecule has 1 aliphatic rings. The van der Waals surface area contributed by atoms with Gasteiger partial charge in [-0.2, -0.15) is 0 Å². The van der Waals surface area contributed by atoms with Crippen molar-refractivity contribution in [3.05, 3.63) is 29.8 Å². The molecule has 0 saturated carbocycles. The number of anilines is 1. The fourth-order valence-corrected chi connectivity index (χ4v) is 2.37. The SMILES string of the molecule is CC[C@H](N)C(=O)Nc1cccc(CN2CCCC2)c1. The molecule has 1 atom stereocenters. The predicted octanol–water partition coefficient (Wildman–Crippen LogP) is 1.96. The summed E-state index contributed by atoms with van der Waals surface area (Å²) < 4.78 is 0. The standard InChI is InChI=1S/C15H23N3O/c1-2-14(16)15(19)17-13-7-5-6-12(10-13)11-18-8-3-4-9-18/h5-7,10,14H,2-4,8-9,11,16H2,1H3,(H,17,19)/t14-/m0/s1. The van der Waals surface area contributed by atoms with E-state index in [0.29, 0.717) is 6.42 Å². The van der Waals surface area contributed by atoms with Gasteiger partial charge in [-0.15, -0.1) is 0 Å².